The number of carbonyl (C=O) groups is 1. The van der Waals surface area contributed by atoms with Gasteiger partial charge in [-0.15, -0.1) is 0 Å². The lowest BCUT2D eigenvalue weighted by Gasteiger charge is -2.25. The Balaban J connectivity index is 1.78. The maximum absolute atomic E-state index is 11.9. The molecule has 0 spiro atoms. The molecule has 0 aliphatic carbocycles. The Morgan fingerprint density at radius 1 is 1.36 bits per heavy atom. The number of rotatable bonds is 4. The summed E-state index contributed by atoms with van der Waals surface area (Å²) >= 11 is 0. The molecule has 122 valence electrons. The summed E-state index contributed by atoms with van der Waals surface area (Å²) in [5.74, 6) is 0.483. The Morgan fingerprint density at radius 2 is 2.05 bits per heavy atom. The third-order valence-corrected chi connectivity index (χ3v) is 4.01. The van der Waals surface area contributed by atoms with Crippen LogP contribution in [-0.2, 0) is 11.3 Å². The number of hydrogen-bond acceptors (Lipinski definition) is 3. The van der Waals surface area contributed by atoms with Gasteiger partial charge in [-0.3, -0.25) is 4.90 Å². The molecule has 2 rings (SSSR count). The van der Waals surface area contributed by atoms with Gasteiger partial charge in [0.05, 0.1) is 0 Å². The highest BCUT2D eigenvalue weighted by molar-refractivity contribution is 5.68. The minimum Gasteiger partial charge on any atom is -0.444 e. The molecule has 0 saturated carbocycles. The number of ether oxygens (including phenoxy) is 1. The monoisotopic (exact) mass is 304 g/mol. The number of nitrogens with zero attached hydrogens (tertiary/aromatic N) is 1. The Hall–Kier alpha value is -1.55. The molecule has 22 heavy (non-hydrogen) atoms. The fourth-order valence-electron chi connectivity index (χ4n) is 2.87. The first-order valence-corrected chi connectivity index (χ1v) is 8.09. The summed E-state index contributed by atoms with van der Waals surface area (Å²) < 4.78 is 5.33. The van der Waals surface area contributed by atoms with Gasteiger partial charge < -0.3 is 10.1 Å². The first kappa shape index (κ1) is 16.8. The van der Waals surface area contributed by atoms with E-state index in [-0.39, 0.29) is 12.1 Å². The minimum absolute atomic E-state index is 0.135. The molecule has 1 aromatic carbocycles. The van der Waals surface area contributed by atoms with Crippen molar-refractivity contribution in [1.29, 1.82) is 0 Å². The molecule has 0 aromatic heterocycles. The van der Waals surface area contributed by atoms with Gasteiger partial charge in [0, 0.05) is 19.1 Å². The van der Waals surface area contributed by atoms with E-state index in [0.717, 1.165) is 26.1 Å². The van der Waals surface area contributed by atoms with Crippen molar-refractivity contribution < 1.29 is 9.53 Å². The second-order valence-electron chi connectivity index (χ2n) is 7.20. The lowest BCUT2D eigenvalue weighted by molar-refractivity contribution is 0.0492. The number of nitrogens with one attached hydrogen (secondary N) is 1. The van der Waals surface area contributed by atoms with E-state index < -0.39 is 5.60 Å². The summed E-state index contributed by atoms with van der Waals surface area (Å²) in [5, 5.41) is 2.97. The maximum atomic E-state index is 11.9. The van der Waals surface area contributed by atoms with Gasteiger partial charge in [-0.25, -0.2) is 4.79 Å². The van der Waals surface area contributed by atoms with Gasteiger partial charge in [-0.05, 0) is 52.1 Å². The number of likely N-dealkylation sites (tertiary alicyclic amines) is 1. The number of hydrogen-bond donors (Lipinski definition) is 1. The highest BCUT2D eigenvalue weighted by Crippen LogP contribution is 2.22. The van der Waals surface area contributed by atoms with Crippen molar-refractivity contribution in [1.82, 2.24) is 10.2 Å². The minimum atomic E-state index is -0.446. The van der Waals surface area contributed by atoms with Gasteiger partial charge >= 0.3 is 6.09 Å². The van der Waals surface area contributed by atoms with Gasteiger partial charge in [0.15, 0.2) is 0 Å². The van der Waals surface area contributed by atoms with Crippen LogP contribution in [0.3, 0.4) is 0 Å². The molecule has 1 heterocycles. The number of benzene rings is 1. The van der Waals surface area contributed by atoms with Gasteiger partial charge in [-0.2, -0.15) is 0 Å². The van der Waals surface area contributed by atoms with Crippen LogP contribution in [0, 0.1) is 5.92 Å². The molecule has 4 nitrogen and oxygen atoms in total. The molecule has 1 aromatic rings. The lowest BCUT2D eigenvalue weighted by atomic mass is 10.0. The quantitative estimate of drug-likeness (QED) is 0.926. The first-order chi connectivity index (χ1) is 10.3. The van der Waals surface area contributed by atoms with Crippen LogP contribution in [0.15, 0.2) is 30.3 Å². The zero-order chi connectivity index (χ0) is 16.2. The molecule has 1 amide bonds. The van der Waals surface area contributed by atoms with E-state index in [9.17, 15) is 4.79 Å². The van der Waals surface area contributed by atoms with Crippen LogP contribution in [0.25, 0.3) is 0 Å². The molecule has 1 fully saturated rings. The van der Waals surface area contributed by atoms with Crippen molar-refractivity contribution in [3.05, 3.63) is 35.9 Å². The predicted octanol–water partition coefficient (Wildman–Crippen LogP) is 3.42. The Bertz CT molecular complexity index is 482. The zero-order valence-electron chi connectivity index (χ0n) is 14.1. The fraction of sp³-hybridized carbons (Fsp3) is 0.611. The van der Waals surface area contributed by atoms with Gasteiger partial charge in [0.2, 0.25) is 0 Å². The fourth-order valence-corrected chi connectivity index (χ4v) is 2.87. The molecule has 1 aliphatic rings. The van der Waals surface area contributed by atoms with Crippen LogP contribution in [0.2, 0.25) is 0 Å². The summed E-state index contributed by atoms with van der Waals surface area (Å²) in [6.07, 6.45) is 0.797. The Labute approximate surface area is 133 Å². The zero-order valence-corrected chi connectivity index (χ0v) is 14.1. The predicted molar refractivity (Wildman–Crippen MR) is 88.7 cm³/mol. The van der Waals surface area contributed by atoms with Crippen molar-refractivity contribution >= 4 is 6.09 Å². The van der Waals surface area contributed by atoms with E-state index in [4.69, 9.17) is 4.74 Å². The van der Waals surface area contributed by atoms with E-state index in [1.807, 2.05) is 26.8 Å². The van der Waals surface area contributed by atoms with Gasteiger partial charge in [0.25, 0.3) is 0 Å². The second kappa shape index (κ2) is 7.14. The maximum Gasteiger partial charge on any atom is 0.407 e. The van der Waals surface area contributed by atoms with E-state index >= 15 is 0 Å². The number of amides is 1. The van der Waals surface area contributed by atoms with Crippen molar-refractivity contribution in [2.24, 2.45) is 5.92 Å². The standard InChI is InChI=1S/C18H28N2O2/c1-14(19-17(21)22-18(2,3)4)16-10-11-20(13-16)12-15-8-6-5-7-9-15/h5-9,14,16H,10-13H2,1-4H3,(H,19,21)/t14-,16+/m1/s1. The van der Waals surface area contributed by atoms with Crippen LogP contribution >= 0.6 is 0 Å². The topological polar surface area (TPSA) is 41.6 Å². The molecular weight excluding hydrogens is 276 g/mol. The van der Waals surface area contributed by atoms with Crippen LogP contribution in [0.1, 0.15) is 39.7 Å². The number of carbonyl (C=O) groups excluding carboxylic acids is 1. The highest BCUT2D eigenvalue weighted by atomic mass is 16.6. The van der Waals surface area contributed by atoms with Crippen LogP contribution in [-0.4, -0.2) is 35.7 Å². The molecule has 4 heteroatoms. The lowest BCUT2D eigenvalue weighted by Crippen LogP contribution is -2.42. The molecule has 1 N–H and O–H groups in total. The van der Waals surface area contributed by atoms with E-state index in [2.05, 4.69) is 41.4 Å². The third-order valence-electron chi connectivity index (χ3n) is 4.01. The largest absolute Gasteiger partial charge is 0.444 e. The summed E-state index contributed by atoms with van der Waals surface area (Å²) in [4.78, 5) is 14.3. The average Bonchev–Trinajstić information content (AvgIpc) is 2.86. The van der Waals surface area contributed by atoms with Crippen molar-refractivity contribution in [3.8, 4) is 0 Å². The summed E-state index contributed by atoms with van der Waals surface area (Å²) in [5.41, 5.74) is 0.898. The molecular formula is C18H28N2O2. The molecule has 0 bridgehead atoms. The molecule has 2 atom stereocenters. The van der Waals surface area contributed by atoms with Crippen molar-refractivity contribution in [3.63, 3.8) is 0 Å². The number of alkyl carbamates (subject to hydrolysis) is 1. The first-order valence-electron chi connectivity index (χ1n) is 8.09. The van der Waals surface area contributed by atoms with Crippen LogP contribution < -0.4 is 5.32 Å². The van der Waals surface area contributed by atoms with Crippen molar-refractivity contribution in [2.75, 3.05) is 13.1 Å². The normalized spacial score (nSPS) is 20.6. The van der Waals surface area contributed by atoms with Crippen molar-refractivity contribution in [2.45, 2.75) is 52.3 Å². The summed E-state index contributed by atoms with van der Waals surface area (Å²) in [7, 11) is 0. The van der Waals surface area contributed by atoms with Crippen LogP contribution in [0.4, 0.5) is 4.79 Å². The second-order valence-corrected chi connectivity index (χ2v) is 7.20. The molecule has 0 radical (unpaired) electrons. The average molecular weight is 304 g/mol. The third kappa shape index (κ3) is 5.34. The summed E-state index contributed by atoms with van der Waals surface area (Å²) in [6, 6.07) is 10.7. The van der Waals surface area contributed by atoms with Crippen LogP contribution in [0.5, 0.6) is 0 Å². The Kier molecular flexibility index (Phi) is 5.46. The Morgan fingerprint density at radius 3 is 2.68 bits per heavy atom. The molecule has 1 saturated heterocycles. The molecule has 1 aliphatic heterocycles. The smallest absolute Gasteiger partial charge is 0.407 e. The van der Waals surface area contributed by atoms with Gasteiger partial charge in [-0.1, -0.05) is 30.3 Å². The summed E-state index contributed by atoms with van der Waals surface area (Å²) in [6.45, 7) is 10.8. The van der Waals surface area contributed by atoms with Gasteiger partial charge in [0.1, 0.15) is 5.60 Å². The highest BCUT2D eigenvalue weighted by Gasteiger charge is 2.29. The SMILES string of the molecule is C[C@@H](NC(=O)OC(C)(C)C)[C@H]1CCN(Cc2ccccc2)C1. The van der Waals surface area contributed by atoms with E-state index in [1.165, 1.54) is 5.56 Å². The molecule has 0 unspecified atom stereocenters. The van der Waals surface area contributed by atoms with E-state index in [1.54, 1.807) is 0 Å². The van der Waals surface area contributed by atoms with E-state index in [0.29, 0.717) is 5.92 Å².